The van der Waals surface area contributed by atoms with Crippen molar-refractivity contribution >= 4 is 5.78 Å². The number of ketones is 1. The number of carbonyl (C=O) groups excluding carboxylic acids is 1. The quantitative estimate of drug-likeness (QED) is 0.579. The van der Waals surface area contributed by atoms with Crippen molar-refractivity contribution in [2.75, 3.05) is 0 Å². The zero-order chi connectivity index (χ0) is 19.4. The Kier molecular flexibility index (Phi) is 6.10. The third-order valence-corrected chi connectivity index (χ3v) is 3.95. The van der Waals surface area contributed by atoms with Crippen LogP contribution in [0, 0.1) is 0 Å². The van der Waals surface area contributed by atoms with Gasteiger partial charge in [-0.1, -0.05) is 24.3 Å². The molecular weight excluding hydrogens is 358 g/mol. The van der Waals surface area contributed by atoms with Crippen molar-refractivity contribution in [3.8, 4) is 0 Å². The van der Waals surface area contributed by atoms with E-state index in [-0.39, 0.29) is 18.6 Å². The molecule has 0 aliphatic rings. The Morgan fingerprint density at radius 2 is 0.923 bits per heavy atom. The van der Waals surface area contributed by atoms with E-state index in [9.17, 15) is 31.1 Å². The zero-order valence-electron chi connectivity index (χ0n) is 13.6. The molecule has 0 saturated carbocycles. The Morgan fingerprint density at radius 3 is 1.19 bits per heavy atom. The Hall–Kier alpha value is -2.31. The molecule has 0 spiro atoms. The van der Waals surface area contributed by atoms with Crippen molar-refractivity contribution in [1.82, 2.24) is 0 Å². The van der Waals surface area contributed by atoms with E-state index in [2.05, 4.69) is 0 Å². The molecule has 140 valence electrons. The summed E-state index contributed by atoms with van der Waals surface area (Å²) in [5, 5.41) is 0. The lowest BCUT2D eigenvalue weighted by Gasteiger charge is -2.08. The molecule has 7 heteroatoms. The predicted octanol–water partition coefficient (Wildman–Crippen LogP) is 5.86. The fourth-order valence-corrected chi connectivity index (χ4v) is 2.41. The van der Waals surface area contributed by atoms with Gasteiger partial charge in [0.15, 0.2) is 0 Å². The van der Waals surface area contributed by atoms with Gasteiger partial charge in [-0.05, 0) is 48.2 Å². The number of alkyl halides is 6. The van der Waals surface area contributed by atoms with Crippen molar-refractivity contribution in [2.24, 2.45) is 0 Å². The van der Waals surface area contributed by atoms with Crippen LogP contribution in [0.5, 0.6) is 0 Å². The summed E-state index contributed by atoms with van der Waals surface area (Å²) in [6.45, 7) is 0. The minimum absolute atomic E-state index is 0.0928. The highest BCUT2D eigenvalue weighted by atomic mass is 19.4. The van der Waals surface area contributed by atoms with Crippen LogP contribution in [0.3, 0.4) is 0 Å². The van der Waals surface area contributed by atoms with Gasteiger partial charge in [0.05, 0.1) is 11.1 Å². The van der Waals surface area contributed by atoms with Crippen LogP contribution in [0.25, 0.3) is 0 Å². The number of Topliss-reactive ketones (excluding diaryl/α,β-unsaturated/α-hetero) is 1. The topological polar surface area (TPSA) is 17.1 Å². The summed E-state index contributed by atoms with van der Waals surface area (Å²) in [6, 6.07) is 9.25. The monoisotopic (exact) mass is 374 g/mol. The van der Waals surface area contributed by atoms with Gasteiger partial charge in [-0.25, -0.2) is 0 Å². The molecule has 26 heavy (non-hydrogen) atoms. The molecule has 2 rings (SSSR count). The van der Waals surface area contributed by atoms with Crippen molar-refractivity contribution < 1.29 is 31.1 Å². The molecule has 0 atom stereocenters. The summed E-state index contributed by atoms with van der Waals surface area (Å²) in [4.78, 5) is 11.9. The summed E-state index contributed by atoms with van der Waals surface area (Å²) < 4.78 is 74.8. The standard InChI is InChI=1S/C19H16F6O/c20-18(21,22)15-7-1-13(2-8-15)5-11-17(26)12-6-14-3-9-16(10-4-14)19(23,24)25/h1-4,7-10H,5-6,11-12H2. The lowest BCUT2D eigenvalue weighted by molar-refractivity contribution is -0.138. The smallest absolute Gasteiger partial charge is 0.300 e. The molecule has 0 bridgehead atoms. The first kappa shape index (κ1) is 20.0. The minimum atomic E-state index is -4.39. The number of benzene rings is 2. The summed E-state index contributed by atoms with van der Waals surface area (Å²) in [5.41, 5.74) is -0.230. The van der Waals surface area contributed by atoms with E-state index >= 15 is 0 Å². The van der Waals surface area contributed by atoms with Gasteiger partial charge in [0, 0.05) is 12.8 Å². The van der Waals surface area contributed by atoms with E-state index < -0.39 is 23.5 Å². The zero-order valence-corrected chi connectivity index (χ0v) is 13.6. The highest BCUT2D eigenvalue weighted by molar-refractivity contribution is 5.78. The Balaban J connectivity index is 1.80. The molecular formula is C19H16F6O. The third kappa shape index (κ3) is 5.89. The molecule has 1 nitrogen and oxygen atoms in total. The first-order valence-corrected chi connectivity index (χ1v) is 7.89. The van der Waals surface area contributed by atoms with Crippen molar-refractivity contribution in [1.29, 1.82) is 0 Å². The number of aryl methyl sites for hydroxylation is 2. The molecule has 0 fully saturated rings. The van der Waals surface area contributed by atoms with E-state index in [4.69, 9.17) is 0 Å². The van der Waals surface area contributed by atoms with Crippen LogP contribution >= 0.6 is 0 Å². The fourth-order valence-electron chi connectivity index (χ4n) is 2.41. The van der Waals surface area contributed by atoms with Crippen LogP contribution in [0.4, 0.5) is 26.3 Å². The van der Waals surface area contributed by atoms with Crippen LogP contribution < -0.4 is 0 Å². The van der Waals surface area contributed by atoms with Crippen LogP contribution in [-0.2, 0) is 30.0 Å². The van der Waals surface area contributed by atoms with Crippen LogP contribution in [0.2, 0.25) is 0 Å². The average Bonchev–Trinajstić information content (AvgIpc) is 2.57. The number of hydrogen-bond acceptors (Lipinski definition) is 1. The Bertz CT molecular complexity index is 663. The van der Waals surface area contributed by atoms with Gasteiger partial charge in [0.25, 0.3) is 0 Å². The maximum Gasteiger partial charge on any atom is 0.416 e. The third-order valence-electron chi connectivity index (χ3n) is 3.95. The first-order valence-electron chi connectivity index (χ1n) is 7.89. The van der Waals surface area contributed by atoms with Crippen LogP contribution in [0.15, 0.2) is 48.5 Å². The van der Waals surface area contributed by atoms with Crippen molar-refractivity contribution in [2.45, 2.75) is 38.0 Å². The number of halogens is 6. The highest BCUT2D eigenvalue weighted by Gasteiger charge is 2.30. The predicted molar refractivity (Wildman–Crippen MR) is 84.5 cm³/mol. The molecule has 0 heterocycles. The van der Waals surface area contributed by atoms with Gasteiger partial charge in [0.1, 0.15) is 5.78 Å². The highest BCUT2D eigenvalue weighted by Crippen LogP contribution is 2.30. The largest absolute Gasteiger partial charge is 0.416 e. The lowest BCUT2D eigenvalue weighted by atomic mass is 10.0. The van der Waals surface area contributed by atoms with E-state index in [0.29, 0.717) is 24.0 Å². The maximum atomic E-state index is 12.5. The number of rotatable bonds is 6. The van der Waals surface area contributed by atoms with Gasteiger partial charge in [-0.3, -0.25) is 4.79 Å². The first-order chi connectivity index (χ1) is 12.1. The number of carbonyl (C=O) groups is 1. The van der Waals surface area contributed by atoms with Gasteiger partial charge >= 0.3 is 12.4 Å². The molecule has 0 amide bonds. The molecule has 0 saturated heterocycles. The van der Waals surface area contributed by atoms with E-state index in [1.807, 2.05) is 0 Å². The molecule has 0 aliphatic heterocycles. The Morgan fingerprint density at radius 1 is 0.615 bits per heavy atom. The van der Waals surface area contributed by atoms with E-state index in [1.54, 1.807) is 0 Å². The van der Waals surface area contributed by atoms with Gasteiger partial charge in [-0.2, -0.15) is 26.3 Å². The summed E-state index contributed by atoms with van der Waals surface area (Å²) >= 11 is 0. The Labute approximate surface area is 146 Å². The molecule has 0 radical (unpaired) electrons. The second kappa shape index (κ2) is 7.93. The van der Waals surface area contributed by atoms with Crippen LogP contribution in [0.1, 0.15) is 35.1 Å². The number of hydrogen-bond donors (Lipinski definition) is 0. The van der Waals surface area contributed by atoms with Crippen molar-refractivity contribution in [3.63, 3.8) is 0 Å². The lowest BCUT2D eigenvalue weighted by Crippen LogP contribution is -2.06. The molecule has 0 aromatic heterocycles. The van der Waals surface area contributed by atoms with E-state index in [0.717, 1.165) is 24.3 Å². The fraction of sp³-hybridized carbons (Fsp3) is 0.316. The van der Waals surface area contributed by atoms with Crippen molar-refractivity contribution in [3.05, 3.63) is 70.8 Å². The molecule has 0 N–H and O–H groups in total. The normalized spacial score (nSPS) is 12.2. The van der Waals surface area contributed by atoms with Gasteiger partial charge in [0.2, 0.25) is 0 Å². The minimum Gasteiger partial charge on any atom is -0.300 e. The van der Waals surface area contributed by atoms with Crippen LogP contribution in [-0.4, -0.2) is 5.78 Å². The SMILES string of the molecule is O=C(CCc1ccc(C(F)(F)F)cc1)CCc1ccc(C(F)(F)F)cc1. The van der Waals surface area contributed by atoms with Gasteiger partial charge < -0.3 is 0 Å². The summed E-state index contributed by atoms with van der Waals surface area (Å²) in [7, 11) is 0. The summed E-state index contributed by atoms with van der Waals surface area (Å²) in [6.07, 6.45) is -7.79. The molecule has 2 aromatic carbocycles. The van der Waals surface area contributed by atoms with Gasteiger partial charge in [-0.15, -0.1) is 0 Å². The van der Waals surface area contributed by atoms with E-state index in [1.165, 1.54) is 24.3 Å². The molecule has 0 aliphatic carbocycles. The second-order valence-electron chi connectivity index (χ2n) is 5.93. The average molecular weight is 374 g/mol. The second-order valence-corrected chi connectivity index (χ2v) is 5.93. The molecule has 0 unspecified atom stereocenters. The maximum absolute atomic E-state index is 12.5. The summed E-state index contributed by atoms with van der Waals surface area (Å²) in [5.74, 6) is -0.0928. The molecule has 2 aromatic rings.